The average molecular weight is 429 g/mol. The fourth-order valence-electron chi connectivity index (χ4n) is 7.87. The second-order valence-corrected chi connectivity index (χ2v) is 11.2. The van der Waals surface area contributed by atoms with Crippen molar-refractivity contribution < 1.29 is 4.79 Å². The van der Waals surface area contributed by atoms with Gasteiger partial charge in [0.1, 0.15) is 0 Å². The molecular weight excluding hydrogens is 392 g/mol. The first kappa shape index (κ1) is 20.5. The van der Waals surface area contributed by atoms with Gasteiger partial charge in [-0.2, -0.15) is 0 Å². The first-order valence-electron chi connectivity index (χ1n) is 12.8. The maximum absolute atomic E-state index is 14.4. The van der Waals surface area contributed by atoms with Crippen LogP contribution in [0, 0.1) is 23.2 Å². The van der Waals surface area contributed by atoms with Crippen LogP contribution in [-0.4, -0.2) is 36.5 Å². The zero-order valence-electron chi connectivity index (χ0n) is 19.2. The van der Waals surface area contributed by atoms with E-state index < -0.39 is 0 Å². The maximum Gasteiger partial charge on any atom is 0.233 e. The maximum atomic E-state index is 14.4. The lowest BCUT2D eigenvalue weighted by Crippen LogP contribution is -2.57. The summed E-state index contributed by atoms with van der Waals surface area (Å²) in [6.07, 6.45) is 9.75. The molecule has 0 spiro atoms. The third-order valence-corrected chi connectivity index (χ3v) is 8.92. The Bertz CT molecular complexity index is 905. The van der Waals surface area contributed by atoms with Crippen LogP contribution < -0.4 is 4.90 Å². The monoisotopic (exact) mass is 428 g/mol. The van der Waals surface area contributed by atoms with Crippen LogP contribution >= 0.6 is 0 Å². The van der Waals surface area contributed by atoms with Gasteiger partial charge in [-0.3, -0.25) is 4.79 Å². The van der Waals surface area contributed by atoms with Gasteiger partial charge in [-0.05, 0) is 86.8 Å². The fraction of sp³-hybridized carbons (Fsp3) is 0.552. The fourth-order valence-corrected chi connectivity index (χ4v) is 7.87. The summed E-state index contributed by atoms with van der Waals surface area (Å²) in [6, 6.07) is 21.7. The van der Waals surface area contributed by atoms with E-state index in [1.807, 2.05) is 0 Å². The second-order valence-electron chi connectivity index (χ2n) is 11.2. The van der Waals surface area contributed by atoms with Crippen molar-refractivity contribution in [1.29, 1.82) is 0 Å². The molecule has 2 aromatic carbocycles. The smallest absolute Gasteiger partial charge is 0.233 e. The quantitative estimate of drug-likeness (QED) is 0.602. The number of hydrogen-bond donors (Lipinski definition) is 0. The number of benzene rings is 2. The van der Waals surface area contributed by atoms with Crippen molar-refractivity contribution in [2.45, 2.75) is 57.4 Å². The lowest BCUT2D eigenvalue weighted by atomic mass is 9.49. The molecule has 5 aliphatic rings. The Labute approximate surface area is 192 Å². The zero-order valence-corrected chi connectivity index (χ0v) is 19.2. The average Bonchev–Trinajstić information content (AvgIpc) is 3.27. The van der Waals surface area contributed by atoms with E-state index in [1.54, 1.807) is 0 Å². The van der Waals surface area contributed by atoms with Gasteiger partial charge in [0.2, 0.25) is 5.91 Å². The number of likely N-dealkylation sites (tertiary alicyclic amines) is 1. The SMILES string of the molecule is O=C(N(c1ccccc1)C1CCN(CCc2ccccc2)C1)C12CC3CC(CC(C3)C1)C2. The molecule has 3 heteroatoms. The van der Waals surface area contributed by atoms with Crippen LogP contribution in [0.1, 0.15) is 50.5 Å². The Morgan fingerprint density at radius 2 is 1.47 bits per heavy atom. The predicted octanol–water partition coefficient (Wildman–Crippen LogP) is 5.55. The molecule has 4 aliphatic carbocycles. The summed E-state index contributed by atoms with van der Waals surface area (Å²) >= 11 is 0. The summed E-state index contributed by atoms with van der Waals surface area (Å²) in [7, 11) is 0. The van der Waals surface area contributed by atoms with Crippen LogP contribution in [0.4, 0.5) is 5.69 Å². The van der Waals surface area contributed by atoms with Crippen molar-refractivity contribution in [2.75, 3.05) is 24.5 Å². The first-order valence-corrected chi connectivity index (χ1v) is 12.8. The van der Waals surface area contributed by atoms with Gasteiger partial charge in [-0.15, -0.1) is 0 Å². The molecule has 7 rings (SSSR count). The van der Waals surface area contributed by atoms with Crippen LogP contribution in [0.5, 0.6) is 0 Å². The van der Waals surface area contributed by atoms with E-state index in [0.717, 1.165) is 75.2 Å². The predicted molar refractivity (Wildman–Crippen MR) is 130 cm³/mol. The third kappa shape index (κ3) is 3.79. The zero-order chi connectivity index (χ0) is 21.5. The number of para-hydroxylation sites is 1. The highest BCUT2D eigenvalue weighted by Crippen LogP contribution is 2.61. The van der Waals surface area contributed by atoms with E-state index in [2.05, 4.69) is 70.5 Å². The van der Waals surface area contributed by atoms with E-state index in [1.165, 1.54) is 24.8 Å². The van der Waals surface area contributed by atoms with Crippen LogP contribution in [0.15, 0.2) is 60.7 Å². The Hall–Kier alpha value is -2.13. The van der Waals surface area contributed by atoms with Gasteiger partial charge in [0, 0.05) is 25.3 Å². The van der Waals surface area contributed by atoms with Gasteiger partial charge >= 0.3 is 0 Å². The highest BCUT2D eigenvalue weighted by Gasteiger charge is 2.56. The number of amides is 1. The summed E-state index contributed by atoms with van der Waals surface area (Å²) in [5, 5.41) is 0. The summed E-state index contributed by atoms with van der Waals surface area (Å²) < 4.78 is 0. The van der Waals surface area contributed by atoms with E-state index >= 15 is 0 Å². The van der Waals surface area contributed by atoms with Crippen molar-refractivity contribution in [3.8, 4) is 0 Å². The number of carbonyl (C=O) groups is 1. The Morgan fingerprint density at radius 1 is 0.875 bits per heavy atom. The van der Waals surface area contributed by atoms with Crippen LogP contribution in [0.25, 0.3) is 0 Å². The largest absolute Gasteiger partial charge is 0.308 e. The molecular formula is C29H36N2O. The number of hydrogen-bond acceptors (Lipinski definition) is 2. The first-order chi connectivity index (χ1) is 15.7. The highest BCUT2D eigenvalue weighted by atomic mass is 16.2. The normalized spacial score (nSPS) is 33.5. The molecule has 5 fully saturated rings. The molecule has 4 saturated carbocycles. The molecule has 32 heavy (non-hydrogen) atoms. The van der Waals surface area contributed by atoms with Gasteiger partial charge in [-0.25, -0.2) is 0 Å². The second kappa shape index (κ2) is 8.33. The van der Waals surface area contributed by atoms with Crippen molar-refractivity contribution in [1.82, 2.24) is 4.90 Å². The van der Waals surface area contributed by atoms with Gasteiger partial charge in [0.05, 0.1) is 11.5 Å². The topological polar surface area (TPSA) is 23.6 Å². The summed E-state index contributed by atoms with van der Waals surface area (Å²) in [6.45, 7) is 3.17. The number of rotatable bonds is 6. The van der Waals surface area contributed by atoms with Crippen molar-refractivity contribution in [2.24, 2.45) is 23.2 Å². The van der Waals surface area contributed by atoms with Crippen LogP contribution in [-0.2, 0) is 11.2 Å². The van der Waals surface area contributed by atoms with E-state index in [9.17, 15) is 4.79 Å². The lowest BCUT2D eigenvalue weighted by Gasteiger charge is -2.57. The number of anilines is 1. The standard InChI is InChI=1S/C29H36N2O/c32-28(29-18-23-15-24(19-29)17-25(16-23)20-29)31(26-9-5-2-6-10-26)27-12-14-30(21-27)13-11-22-7-3-1-4-8-22/h1-10,23-25,27H,11-21H2. The Kier molecular flexibility index (Phi) is 5.33. The van der Waals surface area contributed by atoms with E-state index in [4.69, 9.17) is 0 Å². The summed E-state index contributed by atoms with van der Waals surface area (Å²) in [4.78, 5) is 19.2. The number of nitrogens with zero attached hydrogens (tertiary/aromatic N) is 2. The minimum atomic E-state index is -0.0813. The Balaban J connectivity index is 1.22. The number of carbonyl (C=O) groups excluding carboxylic acids is 1. The van der Waals surface area contributed by atoms with Gasteiger partial charge in [0.25, 0.3) is 0 Å². The Morgan fingerprint density at radius 3 is 2.09 bits per heavy atom. The molecule has 1 aliphatic heterocycles. The molecule has 1 unspecified atom stereocenters. The molecule has 0 N–H and O–H groups in total. The molecule has 1 amide bonds. The molecule has 0 aromatic heterocycles. The molecule has 2 aromatic rings. The van der Waals surface area contributed by atoms with Crippen molar-refractivity contribution in [3.63, 3.8) is 0 Å². The molecule has 1 atom stereocenters. The van der Waals surface area contributed by atoms with E-state index in [0.29, 0.717) is 11.9 Å². The third-order valence-electron chi connectivity index (χ3n) is 8.92. The summed E-state index contributed by atoms with van der Waals surface area (Å²) in [5.41, 5.74) is 2.44. The molecule has 3 nitrogen and oxygen atoms in total. The van der Waals surface area contributed by atoms with Crippen molar-refractivity contribution in [3.05, 3.63) is 66.2 Å². The summed E-state index contributed by atoms with van der Waals surface area (Å²) in [5.74, 6) is 2.86. The lowest BCUT2D eigenvalue weighted by molar-refractivity contribution is -0.143. The minimum absolute atomic E-state index is 0.0813. The van der Waals surface area contributed by atoms with Gasteiger partial charge in [0.15, 0.2) is 0 Å². The molecule has 4 bridgehead atoms. The minimum Gasteiger partial charge on any atom is -0.308 e. The van der Waals surface area contributed by atoms with E-state index in [-0.39, 0.29) is 5.41 Å². The molecule has 0 radical (unpaired) electrons. The van der Waals surface area contributed by atoms with Crippen LogP contribution in [0.3, 0.4) is 0 Å². The van der Waals surface area contributed by atoms with Crippen molar-refractivity contribution >= 4 is 11.6 Å². The highest BCUT2D eigenvalue weighted by molar-refractivity contribution is 5.98. The van der Waals surface area contributed by atoms with Gasteiger partial charge < -0.3 is 9.80 Å². The molecule has 1 heterocycles. The molecule has 168 valence electrons. The van der Waals surface area contributed by atoms with Gasteiger partial charge in [-0.1, -0.05) is 48.5 Å². The molecule has 1 saturated heterocycles. The van der Waals surface area contributed by atoms with Crippen LogP contribution in [0.2, 0.25) is 0 Å².